The molecule has 196 valence electrons. The molecule has 5 aliphatic rings. The van der Waals surface area contributed by atoms with Crippen molar-refractivity contribution in [3.8, 4) is 0 Å². The quantitative estimate of drug-likeness (QED) is 0.418. The van der Waals surface area contributed by atoms with E-state index in [1.807, 2.05) is 6.92 Å². The third-order valence-electron chi connectivity index (χ3n) is 11.6. The molecular formula is C31H41FO4. The largest absolute Gasteiger partial charge is 0.344 e. The van der Waals surface area contributed by atoms with Gasteiger partial charge in [0.05, 0.1) is 6.61 Å². The molecule has 1 heterocycles. The van der Waals surface area contributed by atoms with Crippen LogP contribution < -0.4 is 0 Å². The summed E-state index contributed by atoms with van der Waals surface area (Å²) in [6, 6.07) is 6.30. The van der Waals surface area contributed by atoms with Gasteiger partial charge >= 0.3 is 0 Å². The monoisotopic (exact) mass is 496 g/mol. The number of hydrogen-bond acceptors (Lipinski definition) is 4. The molecule has 1 spiro atoms. The highest BCUT2D eigenvalue weighted by Crippen LogP contribution is 2.68. The van der Waals surface area contributed by atoms with Crippen molar-refractivity contribution in [2.45, 2.75) is 90.4 Å². The molecule has 0 aromatic heterocycles. The van der Waals surface area contributed by atoms with Crippen molar-refractivity contribution in [2.75, 3.05) is 6.61 Å². The van der Waals surface area contributed by atoms with E-state index >= 15 is 0 Å². The number of carbonyl (C=O) groups is 1. The van der Waals surface area contributed by atoms with Gasteiger partial charge in [-0.1, -0.05) is 32.6 Å². The minimum absolute atomic E-state index is 0.206. The Labute approximate surface area is 214 Å². The number of benzene rings is 1. The Balaban J connectivity index is 1.12. The maximum Gasteiger partial charge on any atom is 0.202 e. The molecule has 5 fully saturated rings. The number of rotatable bonds is 3. The standard InChI is InChI=1S/C31H41FO4/c1-19(21-5-8-23(32)9-6-21)28-18-34-31(36-35-28)16-15-29(3)22(17-31)7-10-24-26-12-11-25(20(2)33)30(26,4)14-13-27(24)29/h5-6,8-9,22,24-28H,1,7,10-18H2,2-4H3/t22?,24-,25+,26-,27-,28?,29-,30+,31?/m0/s1. The van der Waals surface area contributed by atoms with Gasteiger partial charge in [-0.3, -0.25) is 4.79 Å². The lowest BCUT2D eigenvalue weighted by atomic mass is 9.44. The molecule has 3 unspecified atom stereocenters. The lowest BCUT2D eigenvalue weighted by Crippen LogP contribution is -2.58. The molecule has 36 heavy (non-hydrogen) atoms. The first kappa shape index (κ1) is 24.8. The first-order chi connectivity index (χ1) is 17.2. The molecule has 1 aromatic rings. The van der Waals surface area contributed by atoms with E-state index in [2.05, 4.69) is 20.4 Å². The number of ketones is 1. The van der Waals surface area contributed by atoms with E-state index in [1.165, 1.54) is 44.2 Å². The second-order valence-corrected chi connectivity index (χ2v) is 13.1. The van der Waals surface area contributed by atoms with Gasteiger partial charge in [-0.2, -0.15) is 0 Å². The fourth-order valence-corrected chi connectivity index (χ4v) is 9.51. The average molecular weight is 497 g/mol. The molecule has 0 radical (unpaired) electrons. The molecule has 9 atom stereocenters. The molecule has 1 aromatic carbocycles. The van der Waals surface area contributed by atoms with Crippen LogP contribution in [0.2, 0.25) is 0 Å². The fraction of sp³-hybridized carbons (Fsp3) is 0.710. The summed E-state index contributed by atoms with van der Waals surface area (Å²) < 4.78 is 19.7. The van der Waals surface area contributed by atoms with Crippen LogP contribution in [0.3, 0.4) is 0 Å². The van der Waals surface area contributed by atoms with Gasteiger partial charge in [0.1, 0.15) is 17.7 Å². The lowest BCUT2D eigenvalue weighted by molar-refractivity contribution is -0.489. The number of fused-ring (bicyclic) bond motifs is 5. The van der Waals surface area contributed by atoms with Crippen LogP contribution in [-0.2, 0) is 19.3 Å². The van der Waals surface area contributed by atoms with Crippen molar-refractivity contribution >= 4 is 11.4 Å². The average Bonchev–Trinajstić information content (AvgIpc) is 3.23. The minimum atomic E-state index is -0.674. The summed E-state index contributed by atoms with van der Waals surface area (Å²) in [6.45, 7) is 11.3. The van der Waals surface area contributed by atoms with Crippen LogP contribution in [0.25, 0.3) is 5.57 Å². The van der Waals surface area contributed by atoms with Crippen molar-refractivity contribution < 1.29 is 23.7 Å². The van der Waals surface area contributed by atoms with Crippen LogP contribution in [0.5, 0.6) is 0 Å². The van der Waals surface area contributed by atoms with Crippen LogP contribution in [-0.4, -0.2) is 24.3 Å². The van der Waals surface area contributed by atoms with E-state index in [9.17, 15) is 9.18 Å². The molecule has 4 nitrogen and oxygen atoms in total. The first-order valence-electron chi connectivity index (χ1n) is 14.1. The zero-order valence-corrected chi connectivity index (χ0v) is 22.1. The third kappa shape index (κ3) is 3.75. The molecule has 0 N–H and O–H groups in total. The van der Waals surface area contributed by atoms with Gasteiger partial charge < -0.3 is 4.74 Å². The Kier molecular flexibility index (Phi) is 6.01. The van der Waals surface area contributed by atoms with Crippen LogP contribution in [0.4, 0.5) is 4.39 Å². The van der Waals surface area contributed by atoms with E-state index in [0.29, 0.717) is 29.6 Å². The molecule has 5 heteroatoms. The zero-order chi connectivity index (χ0) is 25.3. The Hall–Kier alpha value is -1.56. The van der Waals surface area contributed by atoms with Crippen LogP contribution in [0, 0.1) is 46.2 Å². The van der Waals surface area contributed by atoms with Crippen LogP contribution >= 0.6 is 0 Å². The Morgan fingerprint density at radius 3 is 2.42 bits per heavy atom. The Morgan fingerprint density at radius 2 is 1.72 bits per heavy atom. The van der Waals surface area contributed by atoms with Crippen LogP contribution in [0.1, 0.15) is 84.1 Å². The van der Waals surface area contributed by atoms with Gasteiger partial charge in [0.25, 0.3) is 0 Å². The third-order valence-corrected chi connectivity index (χ3v) is 11.6. The Bertz CT molecular complexity index is 1030. The van der Waals surface area contributed by atoms with Crippen molar-refractivity contribution in [3.05, 3.63) is 42.2 Å². The summed E-state index contributed by atoms with van der Waals surface area (Å²) in [5.41, 5.74) is 2.08. The second kappa shape index (κ2) is 8.74. The van der Waals surface area contributed by atoms with E-state index in [0.717, 1.165) is 48.7 Å². The SMILES string of the molecule is C=C(c1ccc(F)cc1)C1COC2(CC[C@@]3(C)C(CC[C@H]4[C@@H]5CC[C@H](C(C)=O)[C@@]5(C)CC[C@@H]43)C2)OO1. The number of hydrogen-bond donors (Lipinski definition) is 0. The first-order valence-corrected chi connectivity index (χ1v) is 14.1. The van der Waals surface area contributed by atoms with E-state index in [1.54, 1.807) is 12.1 Å². The molecule has 1 aliphatic heterocycles. The highest BCUT2D eigenvalue weighted by molar-refractivity contribution is 5.79. The van der Waals surface area contributed by atoms with Crippen molar-refractivity contribution in [3.63, 3.8) is 0 Å². The van der Waals surface area contributed by atoms with Gasteiger partial charge in [-0.25, -0.2) is 14.2 Å². The normalized spacial score (nSPS) is 46.0. The minimum Gasteiger partial charge on any atom is -0.344 e. The topological polar surface area (TPSA) is 44.8 Å². The summed E-state index contributed by atoms with van der Waals surface area (Å²) >= 11 is 0. The van der Waals surface area contributed by atoms with E-state index in [4.69, 9.17) is 14.5 Å². The number of carbonyl (C=O) groups excluding carboxylic acids is 1. The summed E-state index contributed by atoms with van der Waals surface area (Å²) in [4.78, 5) is 24.4. The van der Waals surface area contributed by atoms with E-state index in [-0.39, 0.29) is 17.2 Å². The lowest BCUT2D eigenvalue weighted by Gasteiger charge is -2.62. The zero-order valence-electron chi connectivity index (χ0n) is 22.1. The predicted molar refractivity (Wildman–Crippen MR) is 136 cm³/mol. The van der Waals surface area contributed by atoms with Gasteiger partial charge in [0, 0.05) is 18.8 Å². The van der Waals surface area contributed by atoms with Crippen LogP contribution in [0.15, 0.2) is 30.8 Å². The molecule has 1 saturated heterocycles. The van der Waals surface area contributed by atoms with Gasteiger partial charge in [0.15, 0.2) is 0 Å². The smallest absolute Gasteiger partial charge is 0.202 e. The summed E-state index contributed by atoms with van der Waals surface area (Å²) in [7, 11) is 0. The van der Waals surface area contributed by atoms with Crippen molar-refractivity contribution in [1.29, 1.82) is 0 Å². The highest BCUT2D eigenvalue weighted by Gasteiger charge is 2.62. The van der Waals surface area contributed by atoms with Gasteiger partial charge in [-0.05, 0) is 110 Å². The number of halogens is 1. The maximum absolute atomic E-state index is 13.3. The summed E-state index contributed by atoms with van der Waals surface area (Å²) in [5, 5.41) is 0. The molecular weight excluding hydrogens is 455 g/mol. The Morgan fingerprint density at radius 1 is 0.972 bits per heavy atom. The highest BCUT2D eigenvalue weighted by atomic mass is 19.1. The second-order valence-electron chi connectivity index (χ2n) is 13.1. The van der Waals surface area contributed by atoms with E-state index < -0.39 is 11.9 Å². The molecule has 0 bridgehead atoms. The van der Waals surface area contributed by atoms with Crippen molar-refractivity contribution in [2.24, 2.45) is 40.4 Å². The fourth-order valence-electron chi connectivity index (χ4n) is 9.51. The van der Waals surface area contributed by atoms with Crippen molar-refractivity contribution in [1.82, 2.24) is 0 Å². The molecule has 0 amide bonds. The molecule has 6 rings (SSSR count). The number of Topliss-reactive ketones (excluding diaryl/α,β-unsaturated/α-hetero) is 1. The summed E-state index contributed by atoms with van der Waals surface area (Å²) in [6.07, 6.45) is 9.64. The molecule has 4 aliphatic carbocycles. The van der Waals surface area contributed by atoms with Gasteiger partial charge in [-0.15, -0.1) is 0 Å². The maximum atomic E-state index is 13.3. The molecule has 4 saturated carbocycles. The predicted octanol–water partition coefficient (Wildman–Crippen LogP) is 7.13. The summed E-state index contributed by atoms with van der Waals surface area (Å²) in [5.74, 6) is 2.46. The van der Waals surface area contributed by atoms with Gasteiger partial charge in [0.2, 0.25) is 5.79 Å². The number of ether oxygens (including phenoxy) is 1.